The third-order valence-electron chi connectivity index (χ3n) is 2.80. The number of aliphatic hydroxyl groups is 1. The molecule has 1 heterocycles. The molecule has 0 fully saturated rings. The Morgan fingerprint density at radius 2 is 2.19 bits per heavy atom. The Hall–Kier alpha value is -1.07. The molecular formula is C11H18N2O2S. The number of thiophene rings is 1. The Balaban J connectivity index is 2.57. The highest BCUT2D eigenvalue weighted by Crippen LogP contribution is 2.19. The van der Waals surface area contributed by atoms with Crippen LogP contribution in [0.25, 0.3) is 0 Å². The minimum atomic E-state index is -0.818. The zero-order chi connectivity index (χ0) is 12.2. The predicted molar refractivity (Wildman–Crippen MR) is 66.6 cm³/mol. The first-order valence-corrected chi connectivity index (χ1v) is 6.24. The van der Waals surface area contributed by atoms with E-state index >= 15 is 0 Å². The van der Waals surface area contributed by atoms with E-state index in [1.165, 1.54) is 11.3 Å². The molecule has 0 saturated carbocycles. The highest BCUT2D eigenvalue weighted by Gasteiger charge is 2.23. The van der Waals surface area contributed by atoms with E-state index in [0.29, 0.717) is 23.4 Å². The summed E-state index contributed by atoms with van der Waals surface area (Å²) < 4.78 is 0. The number of anilines is 1. The van der Waals surface area contributed by atoms with Crippen molar-refractivity contribution in [2.75, 3.05) is 12.3 Å². The van der Waals surface area contributed by atoms with Crippen LogP contribution in [0.5, 0.6) is 0 Å². The van der Waals surface area contributed by atoms with Gasteiger partial charge in [0.1, 0.15) is 4.88 Å². The molecule has 1 rings (SSSR count). The van der Waals surface area contributed by atoms with Crippen LogP contribution in [0.15, 0.2) is 11.4 Å². The van der Waals surface area contributed by atoms with Gasteiger partial charge in [-0.15, -0.1) is 11.3 Å². The molecule has 1 amide bonds. The highest BCUT2D eigenvalue weighted by atomic mass is 32.1. The maximum atomic E-state index is 11.7. The zero-order valence-electron chi connectivity index (χ0n) is 9.62. The molecular weight excluding hydrogens is 224 g/mol. The second kappa shape index (κ2) is 5.32. The number of hydrogen-bond acceptors (Lipinski definition) is 4. The van der Waals surface area contributed by atoms with Crippen molar-refractivity contribution < 1.29 is 9.90 Å². The summed E-state index contributed by atoms with van der Waals surface area (Å²) in [5.74, 6) is -0.215. The first-order chi connectivity index (χ1) is 7.52. The minimum Gasteiger partial charge on any atom is -0.397 e. The van der Waals surface area contributed by atoms with E-state index in [9.17, 15) is 9.90 Å². The largest absolute Gasteiger partial charge is 0.397 e. The Morgan fingerprint density at radius 1 is 1.56 bits per heavy atom. The van der Waals surface area contributed by atoms with Gasteiger partial charge in [-0.3, -0.25) is 4.79 Å². The molecule has 0 aromatic carbocycles. The summed E-state index contributed by atoms with van der Waals surface area (Å²) in [5.41, 5.74) is 5.30. The Morgan fingerprint density at radius 3 is 2.62 bits per heavy atom. The van der Waals surface area contributed by atoms with Crippen molar-refractivity contribution in [1.29, 1.82) is 0 Å². The van der Waals surface area contributed by atoms with Crippen molar-refractivity contribution >= 4 is 22.9 Å². The maximum absolute atomic E-state index is 11.7. The molecule has 16 heavy (non-hydrogen) atoms. The van der Waals surface area contributed by atoms with Gasteiger partial charge in [-0.2, -0.15) is 0 Å². The van der Waals surface area contributed by atoms with Crippen LogP contribution in [0.3, 0.4) is 0 Å². The molecule has 5 heteroatoms. The van der Waals surface area contributed by atoms with Gasteiger partial charge in [0, 0.05) is 6.54 Å². The molecule has 0 saturated heterocycles. The summed E-state index contributed by atoms with van der Waals surface area (Å²) in [6.07, 6.45) is 1.23. The quantitative estimate of drug-likeness (QED) is 0.734. The number of carbonyl (C=O) groups is 1. The summed E-state index contributed by atoms with van der Waals surface area (Å²) in [7, 11) is 0. The molecule has 0 aliphatic heterocycles. The van der Waals surface area contributed by atoms with E-state index in [2.05, 4.69) is 5.32 Å². The summed E-state index contributed by atoms with van der Waals surface area (Å²) in [5, 5.41) is 14.5. The highest BCUT2D eigenvalue weighted by molar-refractivity contribution is 7.12. The molecule has 4 nitrogen and oxygen atoms in total. The van der Waals surface area contributed by atoms with Crippen molar-refractivity contribution in [1.82, 2.24) is 5.32 Å². The maximum Gasteiger partial charge on any atom is 0.263 e. The molecule has 0 bridgehead atoms. The van der Waals surface area contributed by atoms with Gasteiger partial charge in [0.05, 0.1) is 11.3 Å². The average Bonchev–Trinajstić information content (AvgIpc) is 2.72. The van der Waals surface area contributed by atoms with Crippen molar-refractivity contribution in [2.24, 2.45) is 0 Å². The predicted octanol–water partition coefficient (Wildman–Crippen LogP) is 1.61. The first kappa shape index (κ1) is 13.0. The van der Waals surface area contributed by atoms with Crippen molar-refractivity contribution in [3.8, 4) is 0 Å². The number of nitrogens with two attached hydrogens (primary N) is 1. The smallest absolute Gasteiger partial charge is 0.263 e. The fraction of sp³-hybridized carbons (Fsp3) is 0.545. The van der Waals surface area contributed by atoms with Crippen LogP contribution in [0.2, 0.25) is 0 Å². The van der Waals surface area contributed by atoms with Crippen molar-refractivity contribution in [3.05, 3.63) is 16.3 Å². The van der Waals surface area contributed by atoms with Crippen LogP contribution in [-0.2, 0) is 0 Å². The minimum absolute atomic E-state index is 0.215. The van der Waals surface area contributed by atoms with Gasteiger partial charge in [0.2, 0.25) is 0 Å². The molecule has 1 aromatic heterocycles. The Bertz CT molecular complexity index is 359. The van der Waals surface area contributed by atoms with E-state index < -0.39 is 5.60 Å². The summed E-state index contributed by atoms with van der Waals surface area (Å²) in [6.45, 7) is 4.06. The monoisotopic (exact) mass is 242 g/mol. The van der Waals surface area contributed by atoms with Gasteiger partial charge in [-0.25, -0.2) is 0 Å². The van der Waals surface area contributed by atoms with Gasteiger partial charge >= 0.3 is 0 Å². The normalized spacial score (nSPS) is 11.4. The number of rotatable bonds is 5. The summed E-state index contributed by atoms with van der Waals surface area (Å²) in [6, 6.07) is 1.70. The van der Waals surface area contributed by atoms with E-state index in [-0.39, 0.29) is 12.5 Å². The lowest BCUT2D eigenvalue weighted by Gasteiger charge is -2.25. The van der Waals surface area contributed by atoms with Gasteiger partial charge < -0.3 is 16.2 Å². The fourth-order valence-corrected chi connectivity index (χ4v) is 2.06. The van der Waals surface area contributed by atoms with Crippen LogP contribution >= 0.6 is 11.3 Å². The van der Waals surface area contributed by atoms with Gasteiger partial charge in [-0.05, 0) is 24.3 Å². The molecule has 4 N–H and O–H groups in total. The summed E-state index contributed by atoms with van der Waals surface area (Å²) >= 11 is 1.30. The number of hydrogen-bond donors (Lipinski definition) is 3. The molecule has 0 radical (unpaired) electrons. The lowest BCUT2D eigenvalue weighted by Crippen LogP contribution is -2.41. The first-order valence-electron chi connectivity index (χ1n) is 5.36. The topological polar surface area (TPSA) is 75.3 Å². The van der Waals surface area contributed by atoms with Crippen LogP contribution in [-0.4, -0.2) is 23.2 Å². The second-order valence-corrected chi connectivity index (χ2v) is 4.74. The molecule has 0 unspecified atom stereocenters. The van der Waals surface area contributed by atoms with Gasteiger partial charge in [0.25, 0.3) is 5.91 Å². The fourth-order valence-electron chi connectivity index (χ4n) is 1.33. The van der Waals surface area contributed by atoms with Crippen molar-refractivity contribution in [3.63, 3.8) is 0 Å². The molecule has 0 aliphatic rings. The number of carbonyl (C=O) groups excluding carboxylic acids is 1. The van der Waals surface area contributed by atoms with E-state index in [0.717, 1.165) is 0 Å². The van der Waals surface area contributed by atoms with Crippen LogP contribution in [0.4, 0.5) is 5.69 Å². The van der Waals surface area contributed by atoms with Crippen LogP contribution in [0, 0.1) is 0 Å². The SMILES string of the molecule is CCC(O)(CC)CNC(=O)c1sccc1N. The Kier molecular flexibility index (Phi) is 4.32. The van der Waals surface area contributed by atoms with Crippen LogP contribution in [0.1, 0.15) is 36.4 Å². The lowest BCUT2D eigenvalue weighted by atomic mass is 9.98. The average molecular weight is 242 g/mol. The van der Waals surface area contributed by atoms with E-state index in [4.69, 9.17) is 5.73 Å². The van der Waals surface area contributed by atoms with E-state index in [1.807, 2.05) is 13.8 Å². The number of amides is 1. The Labute approximate surface area is 99.5 Å². The molecule has 90 valence electrons. The van der Waals surface area contributed by atoms with Gasteiger partial charge in [0.15, 0.2) is 0 Å². The van der Waals surface area contributed by atoms with E-state index in [1.54, 1.807) is 11.4 Å². The zero-order valence-corrected chi connectivity index (χ0v) is 10.4. The van der Waals surface area contributed by atoms with Crippen molar-refractivity contribution in [2.45, 2.75) is 32.3 Å². The lowest BCUT2D eigenvalue weighted by molar-refractivity contribution is 0.0315. The third kappa shape index (κ3) is 2.96. The summed E-state index contributed by atoms with van der Waals surface area (Å²) in [4.78, 5) is 12.2. The second-order valence-electron chi connectivity index (χ2n) is 3.82. The van der Waals surface area contributed by atoms with Crippen LogP contribution < -0.4 is 11.1 Å². The molecule has 1 aromatic rings. The standard InChI is InChI=1S/C11H18N2O2S/c1-3-11(15,4-2)7-13-10(14)9-8(12)5-6-16-9/h5-6,15H,3-4,7,12H2,1-2H3,(H,13,14). The molecule has 0 atom stereocenters. The number of nitrogens with one attached hydrogen (secondary N) is 1. The third-order valence-corrected chi connectivity index (χ3v) is 3.73. The molecule has 0 aliphatic carbocycles. The number of nitrogen functional groups attached to an aromatic ring is 1. The molecule has 0 spiro atoms. The van der Waals surface area contributed by atoms with Gasteiger partial charge in [-0.1, -0.05) is 13.8 Å².